The van der Waals surface area contributed by atoms with Gasteiger partial charge in [0, 0.05) is 19.0 Å². The first-order valence-electron chi connectivity index (χ1n) is 6.18. The van der Waals surface area contributed by atoms with Crippen LogP contribution < -0.4 is 10.6 Å². The Balaban J connectivity index is 2.13. The van der Waals surface area contributed by atoms with Crippen molar-refractivity contribution in [3.8, 4) is 0 Å². The number of carboxylic acids is 1. The highest BCUT2D eigenvalue weighted by Crippen LogP contribution is 2.15. The number of carbonyl (C=O) groups excluding carboxylic acids is 2. The Morgan fingerprint density at radius 1 is 1.29 bits per heavy atom. The second-order valence-electron chi connectivity index (χ2n) is 4.63. The van der Waals surface area contributed by atoms with Crippen molar-refractivity contribution in [2.75, 3.05) is 6.54 Å². The van der Waals surface area contributed by atoms with E-state index in [1.807, 2.05) is 0 Å². The first-order valence-corrected chi connectivity index (χ1v) is 6.18. The van der Waals surface area contributed by atoms with Gasteiger partial charge in [0.2, 0.25) is 5.91 Å². The van der Waals surface area contributed by atoms with E-state index in [-0.39, 0.29) is 18.5 Å². The molecule has 112 valence electrons. The normalized spacial score (nSPS) is 17.4. The van der Waals surface area contributed by atoms with E-state index < -0.39 is 34.6 Å². The van der Waals surface area contributed by atoms with Crippen molar-refractivity contribution in [3.63, 3.8) is 0 Å². The Kier molecular flexibility index (Phi) is 4.15. The molecular weight excluding hydrogens is 286 g/mol. The Morgan fingerprint density at radius 2 is 1.90 bits per heavy atom. The second kappa shape index (κ2) is 5.86. The Morgan fingerprint density at radius 3 is 2.43 bits per heavy atom. The standard InChI is InChI=1S/C13H12F2N2O4/c14-9-3-7(8(13(20)21)4-10(9)15)12(19)16-5-6-1-2-11(18)17-6/h3-4,6H,1-2,5H2,(H,16,19)(H,17,18)(H,20,21). The van der Waals surface area contributed by atoms with Gasteiger partial charge in [0.05, 0.1) is 11.1 Å². The van der Waals surface area contributed by atoms with Crippen LogP contribution in [0, 0.1) is 11.6 Å². The number of aromatic carboxylic acids is 1. The van der Waals surface area contributed by atoms with Crippen LogP contribution in [0.1, 0.15) is 33.6 Å². The third kappa shape index (κ3) is 3.33. The van der Waals surface area contributed by atoms with Crippen LogP contribution in [0.15, 0.2) is 12.1 Å². The van der Waals surface area contributed by atoms with E-state index in [2.05, 4.69) is 10.6 Å². The minimum Gasteiger partial charge on any atom is -0.478 e. The van der Waals surface area contributed by atoms with Crippen molar-refractivity contribution in [1.29, 1.82) is 0 Å². The maximum Gasteiger partial charge on any atom is 0.336 e. The van der Waals surface area contributed by atoms with Crippen molar-refractivity contribution in [3.05, 3.63) is 34.9 Å². The zero-order chi connectivity index (χ0) is 15.6. The van der Waals surface area contributed by atoms with Crippen LogP contribution >= 0.6 is 0 Å². The summed E-state index contributed by atoms with van der Waals surface area (Å²) in [6.45, 7) is 0.0859. The number of rotatable bonds is 4. The van der Waals surface area contributed by atoms with Crippen LogP contribution in [0.3, 0.4) is 0 Å². The van der Waals surface area contributed by atoms with Gasteiger partial charge in [0.25, 0.3) is 5.91 Å². The molecule has 1 saturated heterocycles. The number of amides is 2. The molecule has 2 rings (SSSR count). The average Bonchev–Trinajstić information content (AvgIpc) is 2.84. The molecule has 2 amide bonds. The molecule has 0 radical (unpaired) electrons. The first-order chi connectivity index (χ1) is 9.88. The Labute approximate surface area is 118 Å². The lowest BCUT2D eigenvalue weighted by atomic mass is 10.1. The summed E-state index contributed by atoms with van der Waals surface area (Å²) < 4.78 is 26.2. The van der Waals surface area contributed by atoms with E-state index in [4.69, 9.17) is 5.11 Å². The summed E-state index contributed by atoms with van der Waals surface area (Å²) in [6.07, 6.45) is 0.898. The Hall–Kier alpha value is -2.51. The van der Waals surface area contributed by atoms with E-state index in [1.165, 1.54) is 0 Å². The fourth-order valence-electron chi connectivity index (χ4n) is 2.05. The molecule has 1 unspecified atom stereocenters. The molecule has 21 heavy (non-hydrogen) atoms. The number of hydrogen-bond acceptors (Lipinski definition) is 3. The molecule has 0 saturated carbocycles. The van der Waals surface area contributed by atoms with Gasteiger partial charge in [-0.15, -0.1) is 0 Å². The van der Waals surface area contributed by atoms with Crippen LogP contribution in [0.2, 0.25) is 0 Å². The van der Waals surface area contributed by atoms with Gasteiger partial charge < -0.3 is 15.7 Å². The van der Waals surface area contributed by atoms with Gasteiger partial charge in [0.15, 0.2) is 11.6 Å². The number of nitrogens with one attached hydrogen (secondary N) is 2. The minimum atomic E-state index is -1.53. The smallest absolute Gasteiger partial charge is 0.336 e. The van der Waals surface area contributed by atoms with Crippen molar-refractivity contribution in [1.82, 2.24) is 10.6 Å². The third-order valence-electron chi connectivity index (χ3n) is 3.13. The van der Waals surface area contributed by atoms with E-state index in [1.54, 1.807) is 0 Å². The molecule has 8 heteroatoms. The predicted molar refractivity (Wildman–Crippen MR) is 66.8 cm³/mol. The van der Waals surface area contributed by atoms with Crippen LogP contribution in [0.4, 0.5) is 8.78 Å². The Bertz CT molecular complexity index is 618. The number of carboxylic acid groups (broad SMARTS) is 1. The lowest BCUT2D eigenvalue weighted by molar-refractivity contribution is -0.119. The summed E-state index contributed by atoms with van der Waals surface area (Å²) in [5.74, 6) is -5.15. The maximum absolute atomic E-state index is 13.2. The molecule has 0 spiro atoms. The van der Waals surface area contributed by atoms with Gasteiger partial charge in [-0.25, -0.2) is 13.6 Å². The van der Waals surface area contributed by atoms with Crippen molar-refractivity contribution < 1.29 is 28.3 Å². The lowest BCUT2D eigenvalue weighted by Crippen LogP contribution is -2.38. The van der Waals surface area contributed by atoms with Gasteiger partial charge in [-0.3, -0.25) is 9.59 Å². The molecule has 0 aliphatic carbocycles. The van der Waals surface area contributed by atoms with E-state index in [0.29, 0.717) is 25.0 Å². The van der Waals surface area contributed by atoms with Crippen molar-refractivity contribution >= 4 is 17.8 Å². The minimum absolute atomic E-state index is 0.0859. The number of halogens is 2. The first kappa shape index (κ1) is 14.9. The molecule has 1 atom stereocenters. The highest BCUT2D eigenvalue weighted by molar-refractivity contribution is 6.04. The number of hydrogen-bond donors (Lipinski definition) is 3. The van der Waals surface area contributed by atoms with Gasteiger partial charge >= 0.3 is 5.97 Å². The molecular formula is C13H12F2N2O4. The third-order valence-corrected chi connectivity index (χ3v) is 3.13. The van der Waals surface area contributed by atoms with Crippen LogP contribution in [0.25, 0.3) is 0 Å². The van der Waals surface area contributed by atoms with Crippen molar-refractivity contribution in [2.45, 2.75) is 18.9 Å². The second-order valence-corrected chi connectivity index (χ2v) is 4.63. The fourth-order valence-corrected chi connectivity index (χ4v) is 2.05. The summed E-state index contributed by atoms with van der Waals surface area (Å²) in [7, 11) is 0. The molecule has 1 aromatic carbocycles. The SMILES string of the molecule is O=C1CCC(CNC(=O)c2cc(F)c(F)cc2C(=O)O)N1. The molecule has 1 aromatic rings. The average molecular weight is 298 g/mol. The zero-order valence-electron chi connectivity index (χ0n) is 10.8. The van der Waals surface area contributed by atoms with Crippen LogP contribution in [-0.2, 0) is 4.79 Å². The largest absolute Gasteiger partial charge is 0.478 e. The summed E-state index contributed by atoms with van der Waals surface area (Å²) in [4.78, 5) is 33.9. The fraction of sp³-hybridized carbons (Fsp3) is 0.308. The van der Waals surface area contributed by atoms with Gasteiger partial charge in [-0.1, -0.05) is 0 Å². The van der Waals surface area contributed by atoms with Crippen LogP contribution in [-0.4, -0.2) is 35.5 Å². The topological polar surface area (TPSA) is 95.5 Å². The highest BCUT2D eigenvalue weighted by atomic mass is 19.2. The quantitative estimate of drug-likeness (QED) is 0.761. The lowest BCUT2D eigenvalue weighted by Gasteiger charge is -2.12. The van der Waals surface area contributed by atoms with E-state index in [0.717, 1.165) is 0 Å². The maximum atomic E-state index is 13.2. The van der Waals surface area contributed by atoms with Gasteiger partial charge in [-0.05, 0) is 18.6 Å². The molecule has 1 fully saturated rings. The molecule has 1 aliphatic heterocycles. The molecule has 0 bridgehead atoms. The molecule has 0 aromatic heterocycles. The summed E-state index contributed by atoms with van der Waals surface area (Å²) in [5, 5.41) is 13.9. The van der Waals surface area contributed by atoms with Gasteiger partial charge in [0.1, 0.15) is 0 Å². The number of benzene rings is 1. The van der Waals surface area contributed by atoms with E-state index in [9.17, 15) is 23.2 Å². The highest BCUT2D eigenvalue weighted by Gasteiger charge is 2.24. The molecule has 6 nitrogen and oxygen atoms in total. The van der Waals surface area contributed by atoms with Crippen LogP contribution in [0.5, 0.6) is 0 Å². The van der Waals surface area contributed by atoms with E-state index >= 15 is 0 Å². The van der Waals surface area contributed by atoms with Gasteiger partial charge in [-0.2, -0.15) is 0 Å². The molecule has 1 aliphatic rings. The predicted octanol–water partition coefficient (Wildman–Crippen LogP) is 0.671. The summed E-state index contributed by atoms with van der Waals surface area (Å²) in [5.41, 5.74) is -1.09. The monoisotopic (exact) mass is 298 g/mol. The molecule has 3 N–H and O–H groups in total. The summed E-state index contributed by atoms with van der Waals surface area (Å²) in [6, 6.07) is 0.755. The zero-order valence-corrected chi connectivity index (χ0v) is 10.8. The van der Waals surface area contributed by atoms with Crippen molar-refractivity contribution in [2.24, 2.45) is 0 Å². The molecule has 1 heterocycles. The number of carbonyl (C=O) groups is 3. The summed E-state index contributed by atoms with van der Waals surface area (Å²) >= 11 is 0.